The second kappa shape index (κ2) is 11.1. The number of carbonyl (C=O) groups excluding carboxylic acids is 5. The largest absolute Gasteiger partial charge is 0.480 e. The van der Waals surface area contributed by atoms with Crippen molar-refractivity contribution >= 4 is 53.2 Å². The first kappa shape index (κ1) is 28.9. The SMILES string of the molecule is CC(=O)N[C@@H](C)C(=O)N[C@H](CCC(=O)N[C@@H](C)C(=O)N[C@@H]1C(=O)N2[C@@H]1SC(C)(C)[C@@H]2C(=O)O)C(=O)O. The Bertz CT molecular complexity index is 971. The Morgan fingerprint density at radius 1 is 1.00 bits per heavy atom. The van der Waals surface area contributed by atoms with Crippen molar-refractivity contribution < 1.29 is 43.8 Å². The Balaban J connectivity index is 1.85. The smallest absolute Gasteiger partial charge is 0.327 e. The fourth-order valence-electron chi connectivity index (χ4n) is 4.00. The molecule has 2 fully saturated rings. The number of nitrogens with zero attached hydrogens (tertiary/aromatic N) is 1. The van der Waals surface area contributed by atoms with Crippen molar-refractivity contribution in [2.75, 3.05) is 0 Å². The number of carboxylic acid groups (broad SMARTS) is 2. The summed E-state index contributed by atoms with van der Waals surface area (Å²) in [6, 6.07) is -5.38. The van der Waals surface area contributed by atoms with E-state index >= 15 is 0 Å². The van der Waals surface area contributed by atoms with Crippen molar-refractivity contribution in [2.45, 2.75) is 87.8 Å². The van der Waals surface area contributed by atoms with E-state index in [1.807, 2.05) is 0 Å². The third-order valence-electron chi connectivity index (χ3n) is 5.83. The van der Waals surface area contributed by atoms with E-state index in [0.29, 0.717) is 0 Å². The first-order chi connectivity index (χ1) is 16.6. The van der Waals surface area contributed by atoms with Crippen LogP contribution < -0.4 is 21.3 Å². The number of hydrogen-bond donors (Lipinski definition) is 6. The predicted octanol–water partition coefficient (Wildman–Crippen LogP) is -2.00. The molecule has 2 heterocycles. The van der Waals surface area contributed by atoms with Gasteiger partial charge in [0.15, 0.2) is 0 Å². The van der Waals surface area contributed by atoms with Gasteiger partial charge in [-0.3, -0.25) is 24.0 Å². The Kier molecular flexibility index (Phi) is 8.93. The minimum Gasteiger partial charge on any atom is -0.480 e. The number of thioether (sulfide) groups is 1. The lowest BCUT2D eigenvalue weighted by molar-refractivity contribution is -0.161. The summed E-state index contributed by atoms with van der Waals surface area (Å²) in [7, 11) is 0. The molecule has 0 unspecified atom stereocenters. The van der Waals surface area contributed by atoms with Gasteiger partial charge in [0.05, 0.1) is 0 Å². The first-order valence-electron chi connectivity index (χ1n) is 11.2. The van der Waals surface area contributed by atoms with E-state index in [0.717, 1.165) is 0 Å². The zero-order chi connectivity index (χ0) is 27.5. The van der Waals surface area contributed by atoms with Crippen molar-refractivity contribution in [3.8, 4) is 0 Å². The fourth-order valence-corrected chi connectivity index (χ4v) is 5.63. The summed E-state index contributed by atoms with van der Waals surface area (Å²) in [6.07, 6.45) is -0.596. The fraction of sp³-hybridized carbons (Fsp3) is 0.667. The minimum atomic E-state index is -1.40. The second-order valence-electron chi connectivity index (χ2n) is 9.23. The van der Waals surface area contributed by atoms with E-state index in [4.69, 9.17) is 0 Å². The monoisotopic (exact) mass is 529 g/mol. The molecule has 0 bridgehead atoms. The highest BCUT2D eigenvalue weighted by Crippen LogP contribution is 2.50. The van der Waals surface area contributed by atoms with Crippen molar-refractivity contribution in [2.24, 2.45) is 0 Å². The molecule has 0 aliphatic carbocycles. The van der Waals surface area contributed by atoms with Crippen LogP contribution in [0.4, 0.5) is 0 Å². The lowest BCUT2D eigenvalue weighted by Crippen LogP contribution is -2.71. The molecule has 0 aromatic heterocycles. The Morgan fingerprint density at radius 2 is 1.58 bits per heavy atom. The van der Waals surface area contributed by atoms with Crippen LogP contribution in [0, 0.1) is 0 Å². The quantitative estimate of drug-likeness (QED) is 0.162. The van der Waals surface area contributed by atoms with Gasteiger partial charge in [-0.05, 0) is 34.1 Å². The predicted molar refractivity (Wildman–Crippen MR) is 125 cm³/mol. The normalized spacial score (nSPS) is 24.3. The first-order valence-corrected chi connectivity index (χ1v) is 12.1. The van der Waals surface area contributed by atoms with Gasteiger partial charge in [-0.15, -0.1) is 11.8 Å². The van der Waals surface area contributed by atoms with Crippen molar-refractivity contribution in [1.29, 1.82) is 0 Å². The number of carbonyl (C=O) groups is 7. The number of carboxylic acids is 2. The van der Waals surface area contributed by atoms with Gasteiger partial charge < -0.3 is 36.4 Å². The highest BCUT2D eigenvalue weighted by molar-refractivity contribution is 8.01. The molecule has 0 spiro atoms. The third-order valence-corrected chi connectivity index (χ3v) is 7.40. The number of amides is 5. The van der Waals surface area contributed by atoms with Gasteiger partial charge in [-0.25, -0.2) is 9.59 Å². The van der Waals surface area contributed by atoms with E-state index in [1.165, 1.54) is 37.4 Å². The van der Waals surface area contributed by atoms with Crippen LogP contribution in [0.25, 0.3) is 0 Å². The molecule has 0 aromatic carbocycles. The molecule has 2 saturated heterocycles. The van der Waals surface area contributed by atoms with E-state index in [1.54, 1.807) is 13.8 Å². The minimum absolute atomic E-state index is 0.269. The maximum Gasteiger partial charge on any atom is 0.327 e. The van der Waals surface area contributed by atoms with Crippen LogP contribution in [0.2, 0.25) is 0 Å². The number of fused-ring (bicyclic) bond motifs is 1. The van der Waals surface area contributed by atoms with Crippen LogP contribution in [0.3, 0.4) is 0 Å². The molecule has 2 rings (SSSR count). The van der Waals surface area contributed by atoms with E-state index < -0.39 is 81.8 Å². The summed E-state index contributed by atoms with van der Waals surface area (Å²) in [4.78, 5) is 84.6. The van der Waals surface area contributed by atoms with Crippen molar-refractivity contribution in [1.82, 2.24) is 26.2 Å². The molecule has 2 aliphatic rings. The highest BCUT2D eigenvalue weighted by atomic mass is 32.2. The van der Waals surface area contributed by atoms with Gasteiger partial charge in [0.2, 0.25) is 29.5 Å². The molecule has 6 atom stereocenters. The van der Waals surface area contributed by atoms with E-state index in [-0.39, 0.29) is 12.8 Å². The molecule has 0 aromatic rings. The summed E-state index contributed by atoms with van der Waals surface area (Å²) in [6.45, 7) is 7.37. The molecule has 15 heteroatoms. The van der Waals surface area contributed by atoms with Crippen molar-refractivity contribution in [3.63, 3.8) is 0 Å². The standard InChI is InChI=1S/C21H31N5O9S/c1-8(22-10(3)27)15(29)24-11(19(32)33)6-7-12(28)23-9(2)16(30)25-13-17(31)26-14(20(34)35)21(4,5)36-18(13)26/h8-9,11,13-14,18H,6-7H2,1-5H3,(H,22,27)(H,23,28)(H,24,29)(H,25,30)(H,32,33)(H,34,35)/t8-,9-,11+,13+,14-,18+/m0/s1. The third kappa shape index (κ3) is 6.44. The van der Waals surface area contributed by atoms with Crippen LogP contribution in [-0.4, -0.2) is 96.9 Å². The van der Waals surface area contributed by atoms with Crippen LogP contribution in [-0.2, 0) is 33.6 Å². The molecular weight excluding hydrogens is 498 g/mol. The summed E-state index contributed by atoms with van der Waals surface area (Å²) < 4.78 is -0.749. The van der Waals surface area contributed by atoms with Gasteiger partial charge in [-0.2, -0.15) is 0 Å². The zero-order valence-electron chi connectivity index (χ0n) is 20.5. The van der Waals surface area contributed by atoms with Gasteiger partial charge in [0, 0.05) is 18.1 Å². The molecule has 0 radical (unpaired) electrons. The number of β-lactam (4-membered cyclic amide) rings is 1. The second-order valence-corrected chi connectivity index (χ2v) is 11.0. The van der Waals surface area contributed by atoms with Crippen LogP contribution in [0.15, 0.2) is 0 Å². The summed E-state index contributed by atoms with van der Waals surface area (Å²) in [5, 5.41) is 27.7. The Labute approximate surface area is 211 Å². The maximum absolute atomic E-state index is 12.5. The molecule has 5 amide bonds. The molecule has 200 valence electrons. The highest BCUT2D eigenvalue weighted by Gasteiger charge is 2.64. The average Bonchev–Trinajstić information content (AvgIpc) is 3.01. The number of rotatable bonds is 11. The molecule has 2 aliphatic heterocycles. The maximum atomic E-state index is 12.5. The number of nitrogens with one attached hydrogen (secondary N) is 4. The number of aliphatic carboxylic acids is 2. The average molecular weight is 530 g/mol. The van der Waals surface area contributed by atoms with Crippen LogP contribution >= 0.6 is 11.8 Å². The van der Waals surface area contributed by atoms with Gasteiger partial charge in [0.1, 0.15) is 35.6 Å². The summed E-state index contributed by atoms with van der Waals surface area (Å²) in [5.74, 6) is -5.54. The van der Waals surface area contributed by atoms with Crippen molar-refractivity contribution in [3.05, 3.63) is 0 Å². The van der Waals surface area contributed by atoms with E-state index in [9.17, 15) is 43.8 Å². The molecule has 14 nitrogen and oxygen atoms in total. The Morgan fingerprint density at radius 3 is 2.11 bits per heavy atom. The van der Waals surface area contributed by atoms with Gasteiger partial charge in [-0.1, -0.05) is 0 Å². The molecular formula is C21H31N5O9S. The summed E-state index contributed by atoms with van der Waals surface area (Å²) >= 11 is 1.27. The number of hydrogen-bond acceptors (Lipinski definition) is 8. The molecule has 0 saturated carbocycles. The topological polar surface area (TPSA) is 211 Å². The Hall–Kier alpha value is -3.36. The van der Waals surface area contributed by atoms with Crippen LogP contribution in [0.1, 0.15) is 47.5 Å². The summed E-state index contributed by atoms with van der Waals surface area (Å²) in [5.41, 5.74) is 0. The van der Waals surface area contributed by atoms with E-state index in [2.05, 4.69) is 21.3 Å². The molecule has 36 heavy (non-hydrogen) atoms. The van der Waals surface area contributed by atoms with Gasteiger partial charge >= 0.3 is 11.9 Å². The van der Waals surface area contributed by atoms with Crippen LogP contribution in [0.5, 0.6) is 0 Å². The lowest BCUT2D eigenvalue weighted by atomic mass is 9.96. The van der Waals surface area contributed by atoms with Gasteiger partial charge in [0.25, 0.3) is 0 Å². The molecule has 6 N–H and O–H groups in total. The lowest BCUT2D eigenvalue weighted by Gasteiger charge is -2.43. The zero-order valence-corrected chi connectivity index (χ0v) is 21.3.